The zero-order valence-electron chi connectivity index (χ0n) is 11.7. The minimum Gasteiger partial charge on any atom is -0.741 e. The molecule has 140 valence electrons. The molecule has 1 rings (SSSR count). The van der Waals surface area contributed by atoms with Gasteiger partial charge >= 0.3 is 5.51 Å². The van der Waals surface area contributed by atoms with E-state index >= 15 is 0 Å². The Bertz CT molecular complexity index is 695. The molecule has 0 aromatic heterocycles. The third-order valence-electron chi connectivity index (χ3n) is 2.37. The summed E-state index contributed by atoms with van der Waals surface area (Å²) in [5.41, 5.74) is -6.15. The van der Waals surface area contributed by atoms with Gasteiger partial charge in [-0.25, -0.2) is 17.2 Å². The van der Waals surface area contributed by atoms with Gasteiger partial charge in [0.05, 0.1) is 17.7 Å². The Balaban J connectivity index is 0.000000561. The summed E-state index contributed by atoms with van der Waals surface area (Å²) in [4.78, 5) is 0. The van der Waals surface area contributed by atoms with Crippen LogP contribution >= 0.6 is 38.5 Å². The fraction of sp³-hybridized carbons (Fsp3) is 0.400. The van der Waals surface area contributed by atoms with E-state index < -0.39 is 48.2 Å². The summed E-state index contributed by atoms with van der Waals surface area (Å²) in [5.74, 6) is -5.43. The minimum absolute atomic E-state index is 0.125. The van der Waals surface area contributed by atoms with Gasteiger partial charge in [0.15, 0.2) is 21.8 Å². The lowest BCUT2D eigenvalue weighted by molar-refractivity contribution is -0.0517. The fourth-order valence-corrected chi connectivity index (χ4v) is 1.91. The Hall–Kier alpha value is -0.190. The minimum atomic E-state index is -6.09. The molecule has 0 aliphatic heterocycles. The highest BCUT2D eigenvalue weighted by atomic mass is 127. The Kier molecular flexibility index (Phi) is 7.94. The van der Waals surface area contributed by atoms with E-state index in [1.54, 1.807) is 0 Å². The van der Waals surface area contributed by atoms with Gasteiger partial charge in [0.2, 0.25) is 17.3 Å². The Morgan fingerprint density at radius 3 is 1.54 bits per heavy atom. The van der Waals surface area contributed by atoms with Crippen molar-refractivity contribution >= 4 is 54.3 Å². The first kappa shape index (κ1) is 23.8. The number of nitrogens with zero attached hydrogens (tertiary/aromatic N) is 1. The van der Waals surface area contributed by atoms with E-state index in [0.29, 0.717) is 0 Å². The van der Waals surface area contributed by atoms with Gasteiger partial charge in [-0.2, -0.15) is 22.0 Å². The van der Waals surface area contributed by atoms with Crippen molar-refractivity contribution in [3.05, 3.63) is 26.8 Å². The van der Waals surface area contributed by atoms with Gasteiger partial charge in [-0.1, -0.05) is 0 Å². The molecule has 1 aromatic rings. The van der Waals surface area contributed by atoms with Gasteiger partial charge in [-0.15, -0.1) is 0 Å². The smallest absolute Gasteiger partial charge is 0.485 e. The quantitative estimate of drug-likeness (QED) is 0.0635. The SMILES string of the molecule is C[N+](C)(CBr)c1c(F)c(F)c(I)c(F)c1F.O=S(=O)([O-])C(F)(F)F. The van der Waals surface area contributed by atoms with E-state index in [-0.39, 0.29) is 9.94 Å². The summed E-state index contributed by atoms with van der Waals surface area (Å²) in [6, 6.07) is 0. The number of quaternary nitrogens is 1. The standard InChI is InChI=1S/C9H8BrF4IN.CHF3O3S/c1-16(2,3-10)9-6(13)4(11)8(15)5(12)7(9)14;2-1(3,4)8(5,6)7/h3H2,1-2H3;(H,5,6,7)/q+1;/p-1. The molecule has 14 heteroatoms. The van der Waals surface area contributed by atoms with Gasteiger partial charge in [0, 0.05) is 0 Å². The molecule has 0 spiro atoms. The Labute approximate surface area is 154 Å². The summed E-state index contributed by atoms with van der Waals surface area (Å²) in [7, 11) is -3.23. The second-order valence-corrected chi connectivity index (χ2v) is 7.57. The molecule has 24 heavy (non-hydrogen) atoms. The number of rotatable bonds is 2. The lowest BCUT2D eigenvalue weighted by Crippen LogP contribution is -2.41. The normalized spacial score (nSPS) is 12.7. The van der Waals surface area contributed by atoms with Crippen LogP contribution in [0.5, 0.6) is 0 Å². The third kappa shape index (κ3) is 5.40. The highest BCUT2D eigenvalue weighted by Gasteiger charge is 2.37. The van der Waals surface area contributed by atoms with Crippen molar-refractivity contribution in [2.24, 2.45) is 0 Å². The van der Waals surface area contributed by atoms with Gasteiger partial charge in [0.1, 0.15) is 5.45 Å². The van der Waals surface area contributed by atoms with Crippen molar-refractivity contribution in [3.8, 4) is 0 Å². The van der Waals surface area contributed by atoms with E-state index in [0.717, 1.165) is 0 Å². The molecule has 1 aromatic carbocycles. The molecule has 0 heterocycles. The molecule has 0 unspecified atom stereocenters. The first-order chi connectivity index (χ1) is 10.5. The number of halogens is 9. The second-order valence-electron chi connectivity index (χ2n) is 4.62. The average Bonchev–Trinajstić information content (AvgIpc) is 2.41. The predicted molar refractivity (Wildman–Crippen MR) is 82.2 cm³/mol. The maximum absolute atomic E-state index is 13.6. The average molecular weight is 562 g/mol. The number of alkyl halides is 4. The molecule has 0 saturated heterocycles. The maximum Gasteiger partial charge on any atom is 0.485 e. The largest absolute Gasteiger partial charge is 0.741 e. The van der Waals surface area contributed by atoms with Crippen LogP contribution < -0.4 is 4.48 Å². The number of hydrogen-bond donors (Lipinski definition) is 0. The number of benzene rings is 1. The van der Waals surface area contributed by atoms with E-state index in [1.807, 2.05) is 0 Å². The first-order valence-electron chi connectivity index (χ1n) is 5.42. The Morgan fingerprint density at radius 1 is 1.04 bits per heavy atom. The highest BCUT2D eigenvalue weighted by Crippen LogP contribution is 2.34. The zero-order valence-corrected chi connectivity index (χ0v) is 16.2. The van der Waals surface area contributed by atoms with Crippen LogP contribution in [0.3, 0.4) is 0 Å². The molecule has 0 aliphatic rings. The van der Waals surface area contributed by atoms with Crippen LogP contribution in [-0.2, 0) is 10.1 Å². The van der Waals surface area contributed by atoms with Crippen LogP contribution in [0.4, 0.5) is 36.4 Å². The maximum atomic E-state index is 13.6. The molecular weight excluding hydrogens is 554 g/mol. The molecule has 0 fully saturated rings. The van der Waals surface area contributed by atoms with Crippen molar-refractivity contribution in [1.29, 1.82) is 0 Å². The van der Waals surface area contributed by atoms with Crippen molar-refractivity contribution in [2.45, 2.75) is 5.51 Å². The first-order valence-corrected chi connectivity index (χ1v) is 9.03. The van der Waals surface area contributed by atoms with Crippen molar-refractivity contribution in [1.82, 2.24) is 4.48 Å². The highest BCUT2D eigenvalue weighted by molar-refractivity contribution is 14.1. The summed E-state index contributed by atoms with van der Waals surface area (Å²) in [5, 5.41) is 0. The monoisotopic (exact) mass is 561 g/mol. The van der Waals surface area contributed by atoms with Gasteiger partial charge in [-0.05, 0) is 38.5 Å². The summed E-state index contributed by atoms with van der Waals surface area (Å²) < 4.78 is 112. The van der Waals surface area contributed by atoms with E-state index in [4.69, 9.17) is 13.0 Å². The van der Waals surface area contributed by atoms with Crippen molar-refractivity contribution < 1.29 is 43.7 Å². The summed E-state index contributed by atoms with van der Waals surface area (Å²) in [6.07, 6.45) is 0. The molecule has 0 radical (unpaired) electrons. The second kappa shape index (κ2) is 8.01. The molecule has 0 bridgehead atoms. The van der Waals surface area contributed by atoms with Gasteiger partial charge in [0.25, 0.3) is 0 Å². The predicted octanol–water partition coefficient (Wildman–Crippen LogP) is 3.82. The van der Waals surface area contributed by atoms with Crippen LogP contribution in [0.2, 0.25) is 0 Å². The lowest BCUT2D eigenvalue weighted by atomic mass is 10.2. The Morgan fingerprint density at radius 2 is 1.33 bits per heavy atom. The molecule has 0 saturated carbocycles. The molecular formula is C10H8BrF7INO3S. The summed E-state index contributed by atoms with van der Waals surface area (Å²) in [6.45, 7) is 0. The zero-order chi connectivity index (χ0) is 19.7. The molecule has 0 atom stereocenters. The number of hydrogen-bond acceptors (Lipinski definition) is 3. The molecule has 4 nitrogen and oxygen atoms in total. The topological polar surface area (TPSA) is 57.2 Å². The van der Waals surface area contributed by atoms with Crippen LogP contribution in [0.1, 0.15) is 0 Å². The van der Waals surface area contributed by atoms with Gasteiger partial charge < -0.3 is 4.55 Å². The van der Waals surface area contributed by atoms with Crippen LogP contribution in [0, 0.1) is 26.8 Å². The van der Waals surface area contributed by atoms with E-state index in [2.05, 4.69) is 15.9 Å². The lowest BCUT2D eigenvalue weighted by Gasteiger charge is -2.27. The molecule has 0 N–H and O–H groups in total. The van der Waals surface area contributed by atoms with Crippen LogP contribution in [0.15, 0.2) is 0 Å². The van der Waals surface area contributed by atoms with E-state index in [9.17, 15) is 30.7 Å². The molecule has 0 amide bonds. The van der Waals surface area contributed by atoms with Crippen LogP contribution in [-0.4, -0.2) is 38.0 Å². The summed E-state index contributed by atoms with van der Waals surface area (Å²) >= 11 is 4.26. The third-order valence-corrected chi connectivity index (χ3v) is 5.14. The van der Waals surface area contributed by atoms with Crippen LogP contribution in [0.25, 0.3) is 0 Å². The fourth-order valence-electron chi connectivity index (χ4n) is 1.18. The molecule has 0 aliphatic carbocycles. The van der Waals surface area contributed by atoms with Gasteiger partial charge in [-0.3, -0.25) is 4.48 Å². The van der Waals surface area contributed by atoms with Crippen molar-refractivity contribution in [2.75, 3.05) is 19.5 Å². The van der Waals surface area contributed by atoms with E-state index in [1.165, 1.54) is 36.7 Å². The van der Waals surface area contributed by atoms with Crippen molar-refractivity contribution in [3.63, 3.8) is 0 Å².